The maximum absolute atomic E-state index is 11.6. The Bertz CT molecular complexity index is 343. The van der Waals surface area contributed by atoms with E-state index in [2.05, 4.69) is 0 Å². The van der Waals surface area contributed by atoms with E-state index in [0.29, 0.717) is 0 Å². The minimum absolute atomic E-state index is 0.289. The van der Waals surface area contributed by atoms with Crippen molar-refractivity contribution in [3.8, 4) is 0 Å². The summed E-state index contributed by atoms with van der Waals surface area (Å²) in [4.78, 5) is 11.6. The van der Waals surface area contributed by atoms with Gasteiger partial charge in [0, 0.05) is 12.8 Å². The molecule has 96 valence electrons. The van der Waals surface area contributed by atoms with E-state index >= 15 is 0 Å². The Morgan fingerprint density at radius 2 is 1.88 bits per heavy atom. The van der Waals surface area contributed by atoms with E-state index in [4.69, 9.17) is 10.5 Å². The van der Waals surface area contributed by atoms with Crippen LogP contribution in [0, 0.1) is 5.92 Å². The lowest BCUT2D eigenvalue weighted by atomic mass is 10.1. The van der Waals surface area contributed by atoms with Crippen LogP contribution in [0.2, 0.25) is 0 Å². The predicted molar refractivity (Wildman–Crippen MR) is 59.2 cm³/mol. The zero-order valence-corrected chi connectivity index (χ0v) is 10.7. The molecule has 16 heavy (non-hydrogen) atoms. The number of carbonyl (C=O) groups is 1. The lowest BCUT2D eigenvalue weighted by Crippen LogP contribution is -2.42. The number of aliphatic hydroxyl groups is 1. The number of sulfone groups is 1. The average Bonchev–Trinajstić information content (AvgIpc) is 1.99. The van der Waals surface area contributed by atoms with Gasteiger partial charge in [0.2, 0.25) is 0 Å². The Morgan fingerprint density at radius 1 is 1.44 bits per heavy atom. The van der Waals surface area contributed by atoms with Gasteiger partial charge >= 0.3 is 5.97 Å². The van der Waals surface area contributed by atoms with Crippen molar-refractivity contribution in [3.05, 3.63) is 0 Å². The molecule has 0 bridgehead atoms. The first kappa shape index (κ1) is 15.3. The third kappa shape index (κ3) is 4.91. The van der Waals surface area contributed by atoms with Crippen LogP contribution in [0.15, 0.2) is 0 Å². The fraction of sp³-hybridized carbons (Fsp3) is 0.889. The van der Waals surface area contributed by atoms with Gasteiger partial charge in [-0.1, -0.05) is 0 Å². The first-order valence-electron chi connectivity index (χ1n) is 4.79. The highest BCUT2D eigenvalue weighted by Gasteiger charge is 2.35. The molecular weight excluding hydrogens is 234 g/mol. The van der Waals surface area contributed by atoms with Gasteiger partial charge < -0.3 is 15.6 Å². The van der Waals surface area contributed by atoms with Gasteiger partial charge in [-0.3, -0.25) is 4.79 Å². The van der Waals surface area contributed by atoms with Gasteiger partial charge in [-0.05, 0) is 20.8 Å². The maximum atomic E-state index is 11.6. The summed E-state index contributed by atoms with van der Waals surface area (Å²) in [6.45, 7) is 4.64. The Morgan fingerprint density at radius 3 is 2.12 bits per heavy atom. The molecule has 0 rings (SSSR count). The number of carbonyl (C=O) groups excluding carboxylic acids is 1. The van der Waals surface area contributed by atoms with Crippen LogP contribution in [-0.4, -0.2) is 43.3 Å². The zero-order valence-electron chi connectivity index (χ0n) is 9.93. The van der Waals surface area contributed by atoms with Crippen molar-refractivity contribution >= 4 is 15.8 Å². The fourth-order valence-electron chi connectivity index (χ4n) is 1.00. The molecule has 3 N–H and O–H groups in total. The van der Waals surface area contributed by atoms with Crippen molar-refractivity contribution in [2.75, 3.05) is 12.8 Å². The molecular formula is C9H19NO5S. The van der Waals surface area contributed by atoms with Gasteiger partial charge in [0.25, 0.3) is 0 Å². The summed E-state index contributed by atoms with van der Waals surface area (Å²) in [5.41, 5.74) is 2.69. The predicted octanol–water partition coefficient (Wildman–Crippen LogP) is -0.734. The molecule has 7 heteroatoms. The smallest absolute Gasteiger partial charge is 0.314 e. The number of hydrogen-bond acceptors (Lipinski definition) is 6. The highest BCUT2D eigenvalue weighted by atomic mass is 32.2. The van der Waals surface area contributed by atoms with Crippen molar-refractivity contribution in [1.82, 2.24) is 0 Å². The summed E-state index contributed by atoms with van der Waals surface area (Å²) < 4.78 is 27.1. The van der Waals surface area contributed by atoms with Crippen molar-refractivity contribution in [1.29, 1.82) is 0 Å². The SMILES string of the molecule is CC(C)(C)OC(=O)C(CN)C(O)S(C)(=O)=O. The molecule has 0 aromatic rings. The van der Waals surface area contributed by atoms with Crippen LogP contribution in [0.25, 0.3) is 0 Å². The Kier molecular flexibility index (Phi) is 4.90. The molecule has 0 aromatic carbocycles. The van der Waals surface area contributed by atoms with Crippen LogP contribution in [0.5, 0.6) is 0 Å². The van der Waals surface area contributed by atoms with Crippen LogP contribution in [0.3, 0.4) is 0 Å². The molecule has 0 radical (unpaired) electrons. The highest BCUT2D eigenvalue weighted by Crippen LogP contribution is 2.15. The summed E-state index contributed by atoms with van der Waals surface area (Å²) in [6, 6.07) is 0. The van der Waals surface area contributed by atoms with E-state index in [-0.39, 0.29) is 6.54 Å². The van der Waals surface area contributed by atoms with Crippen LogP contribution in [-0.2, 0) is 19.4 Å². The standard InChI is InChI=1S/C9H19NO5S/c1-9(2,3)15-7(11)6(5-10)8(12)16(4,13)14/h6,8,12H,5,10H2,1-4H3. The number of nitrogens with two attached hydrogens (primary N) is 1. The van der Waals surface area contributed by atoms with Gasteiger partial charge in [0.15, 0.2) is 15.3 Å². The average molecular weight is 253 g/mol. The second-order valence-corrected chi connectivity index (χ2v) is 6.74. The molecule has 0 heterocycles. The fourth-order valence-corrected chi connectivity index (χ4v) is 1.82. The van der Waals surface area contributed by atoms with E-state index in [1.807, 2.05) is 0 Å². The van der Waals surface area contributed by atoms with E-state index in [0.717, 1.165) is 6.26 Å². The Balaban J connectivity index is 4.82. The number of rotatable bonds is 4. The van der Waals surface area contributed by atoms with Gasteiger partial charge in [-0.15, -0.1) is 0 Å². The van der Waals surface area contributed by atoms with E-state index < -0.39 is 32.8 Å². The van der Waals surface area contributed by atoms with Crippen LogP contribution < -0.4 is 5.73 Å². The monoisotopic (exact) mass is 253 g/mol. The quantitative estimate of drug-likeness (QED) is 0.639. The van der Waals surface area contributed by atoms with Crippen molar-refractivity contribution in [3.63, 3.8) is 0 Å². The lowest BCUT2D eigenvalue weighted by Gasteiger charge is -2.25. The molecule has 0 spiro atoms. The number of hydrogen-bond donors (Lipinski definition) is 2. The molecule has 0 amide bonds. The van der Waals surface area contributed by atoms with Crippen LogP contribution in [0.4, 0.5) is 0 Å². The van der Waals surface area contributed by atoms with Gasteiger partial charge in [0.1, 0.15) is 11.5 Å². The Hall–Kier alpha value is -0.660. The first-order valence-corrected chi connectivity index (χ1v) is 6.74. The largest absolute Gasteiger partial charge is 0.460 e. The molecule has 2 atom stereocenters. The molecule has 0 saturated heterocycles. The van der Waals surface area contributed by atoms with E-state index in [9.17, 15) is 18.3 Å². The summed E-state index contributed by atoms with van der Waals surface area (Å²) in [6.07, 6.45) is 0.838. The second-order valence-electron chi connectivity index (χ2n) is 4.60. The topological polar surface area (TPSA) is 107 Å². The molecule has 0 saturated carbocycles. The van der Waals surface area contributed by atoms with Gasteiger partial charge in [-0.25, -0.2) is 8.42 Å². The van der Waals surface area contributed by atoms with Crippen molar-refractivity contribution in [2.45, 2.75) is 31.8 Å². The molecule has 0 aliphatic rings. The number of aliphatic hydroxyl groups excluding tert-OH is 1. The summed E-state index contributed by atoms with van der Waals surface area (Å²) in [5.74, 6) is -2.07. The van der Waals surface area contributed by atoms with Crippen molar-refractivity contribution in [2.24, 2.45) is 11.7 Å². The minimum Gasteiger partial charge on any atom is -0.460 e. The van der Waals surface area contributed by atoms with Crippen molar-refractivity contribution < 1.29 is 23.1 Å². The molecule has 0 aliphatic heterocycles. The summed E-state index contributed by atoms with van der Waals surface area (Å²) in [7, 11) is -3.74. The molecule has 6 nitrogen and oxygen atoms in total. The van der Waals surface area contributed by atoms with Crippen LogP contribution >= 0.6 is 0 Å². The first-order chi connectivity index (χ1) is 6.99. The zero-order chi connectivity index (χ0) is 13.1. The molecule has 0 aromatic heterocycles. The maximum Gasteiger partial charge on any atom is 0.314 e. The number of ether oxygens (including phenoxy) is 1. The summed E-state index contributed by atoms with van der Waals surface area (Å²) >= 11 is 0. The third-order valence-corrected chi connectivity index (χ3v) is 2.95. The normalized spacial score (nSPS) is 16.6. The lowest BCUT2D eigenvalue weighted by molar-refractivity contribution is -0.161. The highest BCUT2D eigenvalue weighted by molar-refractivity contribution is 7.91. The van der Waals surface area contributed by atoms with Gasteiger partial charge in [0.05, 0.1) is 0 Å². The Labute approximate surface area is 95.7 Å². The molecule has 0 fully saturated rings. The van der Waals surface area contributed by atoms with Crippen LogP contribution in [0.1, 0.15) is 20.8 Å². The second kappa shape index (κ2) is 5.11. The number of esters is 1. The summed E-state index contributed by atoms with van der Waals surface area (Å²) in [5, 5.41) is 9.44. The molecule has 0 aliphatic carbocycles. The molecule has 2 unspecified atom stereocenters. The minimum atomic E-state index is -3.74. The third-order valence-electron chi connectivity index (χ3n) is 1.75. The van der Waals surface area contributed by atoms with E-state index in [1.165, 1.54) is 0 Å². The van der Waals surface area contributed by atoms with Gasteiger partial charge in [-0.2, -0.15) is 0 Å². The van der Waals surface area contributed by atoms with E-state index in [1.54, 1.807) is 20.8 Å².